The van der Waals surface area contributed by atoms with Gasteiger partial charge in [0.05, 0.1) is 25.2 Å². The summed E-state index contributed by atoms with van der Waals surface area (Å²) >= 11 is 0. The van der Waals surface area contributed by atoms with Crippen LogP contribution in [0.1, 0.15) is 77.2 Å². The molecule has 7 heteroatoms. The van der Waals surface area contributed by atoms with Gasteiger partial charge in [-0.1, -0.05) is 38.8 Å². The molecule has 7 nitrogen and oxygen atoms in total. The van der Waals surface area contributed by atoms with Gasteiger partial charge in [0.2, 0.25) is 11.8 Å². The van der Waals surface area contributed by atoms with Crippen LogP contribution in [0.4, 0.5) is 0 Å². The van der Waals surface area contributed by atoms with Crippen LogP contribution >= 0.6 is 0 Å². The van der Waals surface area contributed by atoms with Crippen molar-refractivity contribution < 1.29 is 19.1 Å². The SMILES string of the molecule is COc1ccc(CN2CCC3(CCCCCOC[C@@H]4CCCN4C(=O)[C@H](CC(C)C)NC3=O)CC2)cc1. The topological polar surface area (TPSA) is 71.1 Å². The van der Waals surface area contributed by atoms with Gasteiger partial charge < -0.3 is 19.7 Å². The van der Waals surface area contributed by atoms with Crippen LogP contribution in [-0.2, 0) is 20.9 Å². The van der Waals surface area contributed by atoms with E-state index >= 15 is 0 Å². The number of likely N-dealkylation sites (tertiary alicyclic amines) is 1. The van der Waals surface area contributed by atoms with Crippen molar-refractivity contribution in [2.24, 2.45) is 11.3 Å². The number of benzene rings is 1. The summed E-state index contributed by atoms with van der Waals surface area (Å²) in [4.78, 5) is 32.1. The summed E-state index contributed by atoms with van der Waals surface area (Å²) in [6.07, 6.45) is 8.33. The van der Waals surface area contributed by atoms with Crippen molar-refractivity contribution in [2.75, 3.05) is 40.0 Å². The van der Waals surface area contributed by atoms with Gasteiger partial charge in [-0.15, -0.1) is 0 Å². The number of amides is 2. The number of methoxy groups -OCH3 is 1. The van der Waals surface area contributed by atoms with E-state index in [1.54, 1.807) is 7.11 Å². The molecule has 2 amide bonds. The second kappa shape index (κ2) is 13.1. The number of rotatable bonds is 5. The summed E-state index contributed by atoms with van der Waals surface area (Å²) in [6.45, 7) is 9.03. The Morgan fingerprint density at radius 2 is 1.78 bits per heavy atom. The highest BCUT2D eigenvalue weighted by Crippen LogP contribution is 2.38. The van der Waals surface area contributed by atoms with Crippen molar-refractivity contribution in [2.45, 2.75) is 90.3 Å². The molecule has 4 rings (SSSR count). The average molecular weight is 514 g/mol. The fourth-order valence-corrected chi connectivity index (χ4v) is 6.29. The average Bonchev–Trinajstić information content (AvgIpc) is 3.36. The summed E-state index contributed by atoms with van der Waals surface area (Å²) in [7, 11) is 1.69. The fraction of sp³-hybridized carbons (Fsp3) is 0.733. The van der Waals surface area contributed by atoms with E-state index in [-0.39, 0.29) is 17.9 Å². The van der Waals surface area contributed by atoms with Crippen molar-refractivity contribution >= 4 is 11.8 Å². The number of nitrogens with zero attached hydrogens (tertiary/aromatic N) is 2. The largest absolute Gasteiger partial charge is 0.497 e. The Kier molecular flexibility index (Phi) is 9.88. The smallest absolute Gasteiger partial charge is 0.245 e. The number of nitrogens with one attached hydrogen (secondary N) is 1. The second-order valence-electron chi connectivity index (χ2n) is 11.8. The highest BCUT2D eigenvalue weighted by molar-refractivity contribution is 5.90. The zero-order valence-electron chi connectivity index (χ0n) is 23.2. The lowest BCUT2D eigenvalue weighted by atomic mass is 9.73. The predicted molar refractivity (Wildman–Crippen MR) is 145 cm³/mol. The number of piperidine rings is 1. The van der Waals surface area contributed by atoms with Crippen LogP contribution in [0.3, 0.4) is 0 Å². The van der Waals surface area contributed by atoms with Crippen LogP contribution in [-0.4, -0.2) is 73.7 Å². The molecule has 3 aliphatic rings. The van der Waals surface area contributed by atoms with Crippen molar-refractivity contribution in [3.63, 3.8) is 0 Å². The summed E-state index contributed by atoms with van der Waals surface area (Å²) in [5, 5.41) is 3.30. The van der Waals surface area contributed by atoms with E-state index in [4.69, 9.17) is 9.47 Å². The molecule has 2 atom stereocenters. The molecule has 1 N–H and O–H groups in total. The molecule has 0 aliphatic carbocycles. The highest BCUT2D eigenvalue weighted by Gasteiger charge is 2.43. The van der Waals surface area contributed by atoms with Gasteiger partial charge in [-0.2, -0.15) is 0 Å². The molecule has 0 saturated carbocycles. The van der Waals surface area contributed by atoms with Gasteiger partial charge in [0.25, 0.3) is 0 Å². The lowest BCUT2D eigenvalue weighted by Gasteiger charge is -2.42. The summed E-state index contributed by atoms with van der Waals surface area (Å²) in [5.74, 6) is 1.37. The van der Waals surface area contributed by atoms with E-state index in [9.17, 15) is 9.59 Å². The number of ether oxygens (including phenoxy) is 2. The minimum absolute atomic E-state index is 0.0808. The minimum Gasteiger partial charge on any atom is -0.497 e. The third-order valence-corrected chi connectivity index (χ3v) is 8.59. The molecule has 37 heavy (non-hydrogen) atoms. The lowest BCUT2D eigenvalue weighted by Crippen LogP contribution is -2.56. The van der Waals surface area contributed by atoms with E-state index in [0.717, 1.165) is 89.9 Å². The number of hydrogen-bond donors (Lipinski definition) is 1. The third-order valence-electron chi connectivity index (χ3n) is 8.59. The Morgan fingerprint density at radius 1 is 1.03 bits per heavy atom. The van der Waals surface area contributed by atoms with Gasteiger partial charge in [0, 0.05) is 19.7 Å². The van der Waals surface area contributed by atoms with Gasteiger partial charge >= 0.3 is 0 Å². The maximum absolute atomic E-state index is 14.0. The first-order chi connectivity index (χ1) is 17.9. The monoisotopic (exact) mass is 513 g/mol. The van der Waals surface area contributed by atoms with E-state index in [0.29, 0.717) is 18.9 Å². The molecule has 0 bridgehead atoms. The van der Waals surface area contributed by atoms with Crippen molar-refractivity contribution in [1.29, 1.82) is 0 Å². The quantitative estimate of drug-likeness (QED) is 0.632. The number of carbonyl (C=O) groups excluding carboxylic acids is 2. The van der Waals surface area contributed by atoms with Crippen LogP contribution in [0.2, 0.25) is 0 Å². The van der Waals surface area contributed by atoms with E-state index < -0.39 is 11.5 Å². The first-order valence-electron chi connectivity index (χ1n) is 14.4. The fourth-order valence-electron chi connectivity index (χ4n) is 6.29. The van der Waals surface area contributed by atoms with E-state index in [2.05, 4.69) is 36.2 Å². The zero-order valence-corrected chi connectivity index (χ0v) is 23.2. The molecule has 0 unspecified atom stereocenters. The van der Waals surface area contributed by atoms with Crippen molar-refractivity contribution in [1.82, 2.24) is 15.1 Å². The Hall–Kier alpha value is -2.12. The van der Waals surface area contributed by atoms with Gasteiger partial charge in [-0.3, -0.25) is 14.5 Å². The first kappa shape index (κ1) is 27.9. The zero-order chi connectivity index (χ0) is 26.3. The van der Waals surface area contributed by atoms with Crippen LogP contribution < -0.4 is 10.1 Å². The molecule has 3 aliphatic heterocycles. The van der Waals surface area contributed by atoms with Crippen molar-refractivity contribution in [3.8, 4) is 5.75 Å². The minimum atomic E-state index is -0.453. The summed E-state index contributed by atoms with van der Waals surface area (Å²) in [6, 6.07) is 7.93. The predicted octanol–water partition coefficient (Wildman–Crippen LogP) is 4.39. The standard InChI is InChI=1S/C30H47N3O4/c1-23(2)20-27-28(34)33-16-7-8-25(33)22-37-19-6-4-5-13-30(29(35)31-27)14-17-32(18-15-30)21-24-9-11-26(36-3)12-10-24/h9-12,23,25,27H,4-8,13-22H2,1-3H3,(H,31,35)/t25-,27-/m0/s1. The molecule has 0 radical (unpaired) electrons. The molecule has 1 aromatic carbocycles. The Bertz CT molecular complexity index is 879. The Morgan fingerprint density at radius 3 is 2.49 bits per heavy atom. The van der Waals surface area contributed by atoms with Crippen LogP contribution in [0.15, 0.2) is 24.3 Å². The lowest BCUT2D eigenvalue weighted by molar-refractivity contribution is -0.143. The molecule has 1 spiro atoms. The van der Waals surface area contributed by atoms with Gasteiger partial charge in [-0.25, -0.2) is 0 Å². The highest BCUT2D eigenvalue weighted by atomic mass is 16.5. The molecule has 3 saturated heterocycles. The number of fused-ring (bicyclic) bond motifs is 1. The number of carbonyl (C=O) groups is 2. The second-order valence-corrected chi connectivity index (χ2v) is 11.8. The van der Waals surface area contributed by atoms with Gasteiger partial charge in [0.1, 0.15) is 11.8 Å². The van der Waals surface area contributed by atoms with E-state index in [1.807, 2.05) is 17.0 Å². The maximum atomic E-state index is 14.0. The Labute approximate surface area is 223 Å². The molecule has 206 valence electrons. The molecule has 1 aromatic rings. The third kappa shape index (κ3) is 7.26. The van der Waals surface area contributed by atoms with Crippen molar-refractivity contribution in [3.05, 3.63) is 29.8 Å². The molecular weight excluding hydrogens is 466 g/mol. The van der Waals surface area contributed by atoms with Crippen LogP contribution in [0, 0.1) is 11.3 Å². The van der Waals surface area contributed by atoms with Crippen LogP contribution in [0.25, 0.3) is 0 Å². The molecular formula is C30H47N3O4. The Balaban J connectivity index is 1.47. The number of hydrogen-bond acceptors (Lipinski definition) is 5. The normalized spacial score (nSPS) is 26.1. The van der Waals surface area contributed by atoms with Gasteiger partial charge in [0.15, 0.2) is 0 Å². The van der Waals surface area contributed by atoms with Crippen LogP contribution in [0.5, 0.6) is 5.75 Å². The summed E-state index contributed by atoms with van der Waals surface area (Å²) < 4.78 is 11.3. The molecule has 3 heterocycles. The molecule has 3 fully saturated rings. The van der Waals surface area contributed by atoms with Gasteiger partial charge in [-0.05, 0) is 81.6 Å². The molecule has 0 aromatic heterocycles. The maximum Gasteiger partial charge on any atom is 0.245 e. The summed E-state index contributed by atoms with van der Waals surface area (Å²) in [5.41, 5.74) is 0.858. The van der Waals surface area contributed by atoms with E-state index in [1.165, 1.54) is 5.56 Å². The first-order valence-corrected chi connectivity index (χ1v) is 14.4.